The highest BCUT2D eigenvalue weighted by atomic mass is 19.4. The van der Waals surface area contributed by atoms with Crippen molar-refractivity contribution in [1.29, 1.82) is 0 Å². The summed E-state index contributed by atoms with van der Waals surface area (Å²) in [4.78, 5) is 18.8. The zero-order chi connectivity index (χ0) is 24.9. The van der Waals surface area contributed by atoms with Crippen molar-refractivity contribution in [2.45, 2.75) is 25.1 Å². The number of rotatable bonds is 3. The second kappa shape index (κ2) is 8.59. The van der Waals surface area contributed by atoms with Crippen LogP contribution in [0.25, 0.3) is 17.0 Å². The molecule has 3 aromatic carbocycles. The number of hydrogen-bond donors (Lipinski definition) is 1. The molecule has 0 bridgehead atoms. The van der Waals surface area contributed by atoms with Gasteiger partial charge in [-0.15, -0.1) is 0 Å². The van der Waals surface area contributed by atoms with Crippen LogP contribution in [0, 0.1) is 0 Å². The summed E-state index contributed by atoms with van der Waals surface area (Å²) in [6, 6.07) is 18.7. The van der Waals surface area contributed by atoms with Gasteiger partial charge in [-0.2, -0.15) is 13.2 Å². The summed E-state index contributed by atoms with van der Waals surface area (Å²) in [5.41, 5.74) is 5.19. The number of H-pyrrole nitrogens is 1. The number of nitrogens with one attached hydrogen (secondary N) is 1. The van der Waals surface area contributed by atoms with Crippen molar-refractivity contribution in [2.24, 2.45) is 0 Å². The molecule has 4 aromatic rings. The number of amides is 1. The molecule has 0 aliphatic carbocycles. The summed E-state index contributed by atoms with van der Waals surface area (Å²) in [5.74, 6) is 0.687. The maximum absolute atomic E-state index is 13.5. The summed E-state index contributed by atoms with van der Waals surface area (Å²) >= 11 is 0. The van der Waals surface area contributed by atoms with Gasteiger partial charge in [0.1, 0.15) is 5.75 Å². The standard InChI is InChI=1S/C29H23F3N2O2/c30-29(31,32)21-9-5-18(6-10-21)7-12-26(35)34-15-13-23-22-3-1-2-4-24(22)33-27(23)28(34)20-8-11-25-19(17-20)14-16-36-25/h1-12,17,28,33H,13-16H2/b12-7+/t28-/m1/s1. The Morgan fingerprint density at radius 3 is 2.64 bits per heavy atom. The molecule has 1 aromatic heterocycles. The molecule has 3 heterocycles. The van der Waals surface area contributed by atoms with Gasteiger partial charge in [0.2, 0.25) is 5.91 Å². The Labute approximate surface area is 206 Å². The Morgan fingerprint density at radius 2 is 1.83 bits per heavy atom. The largest absolute Gasteiger partial charge is 0.493 e. The van der Waals surface area contributed by atoms with Crippen LogP contribution in [0.3, 0.4) is 0 Å². The van der Waals surface area contributed by atoms with Crippen LogP contribution in [0.5, 0.6) is 5.75 Å². The molecule has 0 saturated heterocycles. The van der Waals surface area contributed by atoms with Crippen LogP contribution < -0.4 is 4.74 Å². The topological polar surface area (TPSA) is 45.3 Å². The first-order valence-corrected chi connectivity index (χ1v) is 11.9. The lowest BCUT2D eigenvalue weighted by Gasteiger charge is -2.36. The fraction of sp³-hybridized carbons (Fsp3) is 0.207. The zero-order valence-corrected chi connectivity index (χ0v) is 19.3. The molecule has 0 fully saturated rings. The van der Waals surface area contributed by atoms with Gasteiger partial charge in [0.25, 0.3) is 0 Å². The smallest absolute Gasteiger partial charge is 0.416 e. The molecule has 0 unspecified atom stereocenters. The number of benzene rings is 3. The van der Waals surface area contributed by atoms with Crippen LogP contribution in [0.15, 0.2) is 72.8 Å². The van der Waals surface area contributed by atoms with E-state index in [9.17, 15) is 18.0 Å². The van der Waals surface area contributed by atoms with Crippen molar-refractivity contribution in [2.75, 3.05) is 13.2 Å². The van der Waals surface area contributed by atoms with E-state index >= 15 is 0 Å². The molecule has 36 heavy (non-hydrogen) atoms. The average molecular weight is 489 g/mol. The number of para-hydroxylation sites is 1. The van der Waals surface area contributed by atoms with Crippen molar-refractivity contribution in [3.63, 3.8) is 0 Å². The number of fused-ring (bicyclic) bond motifs is 4. The predicted molar refractivity (Wildman–Crippen MR) is 132 cm³/mol. The number of aromatic amines is 1. The van der Waals surface area contributed by atoms with E-state index in [2.05, 4.69) is 17.1 Å². The Hall–Kier alpha value is -4.00. The Balaban J connectivity index is 1.36. The minimum atomic E-state index is -4.39. The van der Waals surface area contributed by atoms with Gasteiger partial charge in [0.05, 0.1) is 18.2 Å². The van der Waals surface area contributed by atoms with Crippen LogP contribution in [-0.2, 0) is 23.8 Å². The van der Waals surface area contributed by atoms with Crippen LogP contribution in [0.1, 0.15) is 39.6 Å². The minimum Gasteiger partial charge on any atom is -0.493 e. The number of carbonyl (C=O) groups is 1. The molecule has 4 nitrogen and oxygen atoms in total. The lowest BCUT2D eigenvalue weighted by atomic mass is 9.91. The van der Waals surface area contributed by atoms with Gasteiger partial charge in [-0.05, 0) is 65.1 Å². The van der Waals surface area contributed by atoms with Gasteiger partial charge in [-0.1, -0.05) is 36.4 Å². The predicted octanol–water partition coefficient (Wildman–Crippen LogP) is 6.31. The number of halogens is 3. The van der Waals surface area contributed by atoms with Gasteiger partial charge in [-0.25, -0.2) is 0 Å². The third-order valence-corrected chi connectivity index (χ3v) is 7.00. The fourth-order valence-electron chi connectivity index (χ4n) is 5.25. The van der Waals surface area contributed by atoms with Gasteiger partial charge >= 0.3 is 6.18 Å². The molecule has 1 atom stereocenters. The summed E-state index contributed by atoms with van der Waals surface area (Å²) in [6.45, 7) is 1.18. The van der Waals surface area contributed by atoms with E-state index in [-0.39, 0.29) is 11.9 Å². The first kappa shape index (κ1) is 22.5. The molecule has 7 heteroatoms. The molecule has 2 aliphatic rings. The molecular weight excluding hydrogens is 465 g/mol. The highest BCUT2D eigenvalue weighted by Crippen LogP contribution is 2.40. The van der Waals surface area contributed by atoms with Gasteiger partial charge in [-0.3, -0.25) is 4.79 Å². The molecule has 0 saturated carbocycles. The van der Waals surface area contributed by atoms with Crippen molar-refractivity contribution in [3.05, 3.63) is 106 Å². The molecule has 0 spiro atoms. The van der Waals surface area contributed by atoms with E-state index < -0.39 is 11.7 Å². The summed E-state index contributed by atoms with van der Waals surface area (Å²) < 4.78 is 44.3. The molecule has 2 aliphatic heterocycles. The second-order valence-corrected chi connectivity index (χ2v) is 9.17. The van der Waals surface area contributed by atoms with Gasteiger partial charge < -0.3 is 14.6 Å². The van der Waals surface area contributed by atoms with Crippen molar-refractivity contribution >= 4 is 22.9 Å². The zero-order valence-electron chi connectivity index (χ0n) is 19.3. The highest BCUT2D eigenvalue weighted by molar-refractivity contribution is 5.93. The number of alkyl halides is 3. The van der Waals surface area contributed by atoms with Crippen LogP contribution in [-0.4, -0.2) is 28.9 Å². The van der Waals surface area contributed by atoms with E-state index in [1.165, 1.54) is 23.8 Å². The SMILES string of the molecule is O=C(/C=C/c1ccc(C(F)(F)F)cc1)N1CCc2c([nH]c3ccccc23)[C@H]1c1ccc2c(c1)CCO2. The third-order valence-electron chi connectivity index (χ3n) is 7.00. The molecule has 6 rings (SSSR count). The Morgan fingerprint density at radius 1 is 1.03 bits per heavy atom. The summed E-state index contributed by atoms with van der Waals surface area (Å²) in [6.07, 6.45) is 0.161. The van der Waals surface area contributed by atoms with Crippen molar-refractivity contribution in [1.82, 2.24) is 9.88 Å². The fourth-order valence-corrected chi connectivity index (χ4v) is 5.25. The number of carbonyl (C=O) groups excluding carboxylic acids is 1. The van der Waals surface area contributed by atoms with E-state index in [1.807, 2.05) is 35.2 Å². The number of aromatic nitrogens is 1. The average Bonchev–Trinajstić information content (AvgIpc) is 3.50. The van der Waals surface area contributed by atoms with Crippen molar-refractivity contribution < 1.29 is 22.7 Å². The summed E-state index contributed by atoms with van der Waals surface area (Å²) in [5, 5.41) is 1.16. The summed E-state index contributed by atoms with van der Waals surface area (Å²) in [7, 11) is 0. The molecular formula is C29H23F3N2O2. The number of nitrogens with zero attached hydrogens (tertiary/aromatic N) is 1. The first-order chi connectivity index (χ1) is 17.4. The minimum absolute atomic E-state index is 0.194. The number of hydrogen-bond acceptors (Lipinski definition) is 2. The molecule has 1 amide bonds. The normalized spacial score (nSPS) is 17.3. The molecule has 182 valence electrons. The van der Waals surface area contributed by atoms with E-state index in [0.717, 1.165) is 52.0 Å². The van der Waals surface area contributed by atoms with Crippen LogP contribution in [0.2, 0.25) is 0 Å². The number of ether oxygens (including phenoxy) is 1. The quantitative estimate of drug-likeness (QED) is 0.344. The van der Waals surface area contributed by atoms with Gasteiger partial charge in [0.15, 0.2) is 0 Å². The van der Waals surface area contributed by atoms with E-state index in [1.54, 1.807) is 6.08 Å². The third kappa shape index (κ3) is 3.94. The van der Waals surface area contributed by atoms with Crippen LogP contribution >= 0.6 is 0 Å². The lowest BCUT2D eigenvalue weighted by Crippen LogP contribution is -2.39. The second-order valence-electron chi connectivity index (χ2n) is 9.17. The highest BCUT2D eigenvalue weighted by Gasteiger charge is 2.34. The molecule has 0 radical (unpaired) electrons. The van der Waals surface area contributed by atoms with E-state index in [0.29, 0.717) is 25.1 Å². The first-order valence-electron chi connectivity index (χ1n) is 11.9. The van der Waals surface area contributed by atoms with E-state index in [4.69, 9.17) is 4.74 Å². The lowest BCUT2D eigenvalue weighted by molar-refractivity contribution is -0.137. The maximum Gasteiger partial charge on any atom is 0.416 e. The van der Waals surface area contributed by atoms with Crippen LogP contribution in [0.4, 0.5) is 13.2 Å². The molecule has 1 N–H and O–H groups in total. The Kier molecular flexibility index (Phi) is 5.36. The van der Waals surface area contributed by atoms with Crippen molar-refractivity contribution in [3.8, 4) is 5.75 Å². The monoisotopic (exact) mass is 488 g/mol. The maximum atomic E-state index is 13.5. The Bertz CT molecular complexity index is 1480. The van der Waals surface area contributed by atoms with Gasteiger partial charge in [0, 0.05) is 35.6 Å².